The van der Waals surface area contributed by atoms with Crippen LogP contribution in [0.15, 0.2) is 12.2 Å². The van der Waals surface area contributed by atoms with Crippen molar-refractivity contribution in [1.29, 1.82) is 0 Å². The molecule has 5 aliphatic rings. The molecule has 5 rings (SSSR count). The Morgan fingerprint density at radius 2 is 1.68 bits per heavy atom. The van der Waals surface area contributed by atoms with Crippen LogP contribution in [-0.4, -0.2) is 35.5 Å². The highest BCUT2D eigenvalue weighted by molar-refractivity contribution is 5.78. The van der Waals surface area contributed by atoms with Gasteiger partial charge in [0, 0.05) is 5.41 Å². The maximum atomic E-state index is 13.8. The molecule has 0 amide bonds. The number of rotatable bonds is 4. The Labute approximate surface area is 231 Å². The van der Waals surface area contributed by atoms with Gasteiger partial charge in [0.1, 0.15) is 0 Å². The monoisotopic (exact) mass is 524 g/mol. The van der Waals surface area contributed by atoms with Gasteiger partial charge >= 0.3 is 5.97 Å². The van der Waals surface area contributed by atoms with Crippen molar-refractivity contribution in [2.75, 3.05) is 13.2 Å². The normalized spacial score (nSPS) is 51.4. The number of hydrogen-bond acceptors (Lipinski definition) is 4. The van der Waals surface area contributed by atoms with E-state index in [-0.39, 0.29) is 35.4 Å². The van der Waals surface area contributed by atoms with E-state index < -0.39 is 16.9 Å². The zero-order valence-corrected chi connectivity index (χ0v) is 24.9. The number of hydrogen-bond donors (Lipinski definition) is 2. The van der Waals surface area contributed by atoms with E-state index in [2.05, 4.69) is 53.0 Å². The summed E-state index contributed by atoms with van der Waals surface area (Å²) in [6.45, 7) is 18.4. The van der Waals surface area contributed by atoms with E-state index in [1.807, 2.05) is 0 Å². The molecule has 0 heterocycles. The number of esters is 1. The Morgan fingerprint density at radius 1 is 0.947 bits per heavy atom. The predicted octanol–water partition coefficient (Wildman–Crippen LogP) is 6.54. The summed E-state index contributed by atoms with van der Waals surface area (Å²) in [5, 5.41) is 21.5. The van der Waals surface area contributed by atoms with Crippen LogP contribution in [0.2, 0.25) is 0 Å². The predicted molar refractivity (Wildman–Crippen MR) is 151 cm³/mol. The maximum absolute atomic E-state index is 13.8. The molecule has 0 aromatic carbocycles. The van der Waals surface area contributed by atoms with E-state index in [9.17, 15) is 15.0 Å². The van der Waals surface area contributed by atoms with Gasteiger partial charge in [-0.1, -0.05) is 45.8 Å². The quantitative estimate of drug-likeness (QED) is 0.249. The van der Waals surface area contributed by atoms with Crippen LogP contribution in [0.5, 0.6) is 0 Å². The number of aliphatic hydroxyl groups is 2. The molecular weight excluding hydrogens is 472 g/mol. The third-order valence-electron chi connectivity index (χ3n) is 14.0. The zero-order valence-electron chi connectivity index (χ0n) is 24.9. The summed E-state index contributed by atoms with van der Waals surface area (Å²) in [6, 6.07) is 0. The van der Waals surface area contributed by atoms with Crippen LogP contribution < -0.4 is 0 Å². The maximum Gasteiger partial charge on any atom is 0.313 e. The molecule has 11 atom stereocenters. The molecule has 38 heavy (non-hydrogen) atoms. The minimum Gasteiger partial charge on any atom is -0.452 e. The summed E-state index contributed by atoms with van der Waals surface area (Å²) in [6.07, 6.45) is 9.86. The molecule has 5 fully saturated rings. The standard InChI is InChI=1S/C34H52O4/c1-8-9-20-38-29(37)34-17-12-23(22(2)3)28(34)24-10-11-26-30(4)15-14-27(36)31(5,21-35)25(30)13-16-33(26,7)32(24,6)18-19-34/h23-28,35-36H,2,10-21H2,1,3-7H3/t23-,24+,25+,26+,27-,28+,30-,31-,32+,33+,34-/m0/s1. The fourth-order valence-corrected chi connectivity index (χ4v) is 11.8. The summed E-state index contributed by atoms with van der Waals surface area (Å²) in [4.78, 5) is 13.8. The van der Waals surface area contributed by atoms with Gasteiger partial charge in [-0.25, -0.2) is 0 Å². The van der Waals surface area contributed by atoms with Gasteiger partial charge in [-0.05, 0) is 124 Å². The van der Waals surface area contributed by atoms with Gasteiger partial charge in [-0.15, -0.1) is 5.92 Å². The Kier molecular flexibility index (Phi) is 6.96. The topological polar surface area (TPSA) is 66.8 Å². The van der Waals surface area contributed by atoms with Crippen LogP contribution in [0.4, 0.5) is 0 Å². The van der Waals surface area contributed by atoms with Crippen LogP contribution in [0.3, 0.4) is 0 Å². The number of carbonyl (C=O) groups is 1. The average molecular weight is 525 g/mol. The summed E-state index contributed by atoms with van der Waals surface area (Å²) >= 11 is 0. The van der Waals surface area contributed by atoms with E-state index in [1.165, 1.54) is 12.0 Å². The fourth-order valence-electron chi connectivity index (χ4n) is 11.8. The van der Waals surface area contributed by atoms with Crippen molar-refractivity contribution in [3.63, 3.8) is 0 Å². The molecule has 0 bridgehead atoms. The van der Waals surface area contributed by atoms with Crippen LogP contribution in [-0.2, 0) is 9.53 Å². The molecule has 0 aromatic heterocycles. The van der Waals surface area contributed by atoms with Crippen LogP contribution in [0, 0.1) is 68.5 Å². The highest BCUT2D eigenvalue weighted by atomic mass is 16.5. The van der Waals surface area contributed by atoms with Crippen molar-refractivity contribution in [3.05, 3.63) is 12.2 Å². The van der Waals surface area contributed by atoms with E-state index in [0.717, 1.165) is 57.8 Å². The number of ether oxygens (including phenoxy) is 1. The summed E-state index contributed by atoms with van der Waals surface area (Å²) in [7, 11) is 0. The molecule has 5 saturated carbocycles. The number of carbonyl (C=O) groups excluding carboxylic acids is 1. The highest BCUT2D eigenvalue weighted by Crippen LogP contribution is 2.77. The first kappa shape index (κ1) is 28.2. The van der Waals surface area contributed by atoms with E-state index in [0.29, 0.717) is 29.6 Å². The van der Waals surface area contributed by atoms with Crippen molar-refractivity contribution < 1.29 is 19.7 Å². The summed E-state index contributed by atoms with van der Waals surface area (Å²) in [5.41, 5.74) is 0.836. The molecule has 4 nitrogen and oxygen atoms in total. The average Bonchev–Trinajstić information content (AvgIpc) is 3.28. The first-order chi connectivity index (χ1) is 17.9. The largest absolute Gasteiger partial charge is 0.452 e. The molecule has 0 unspecified atom stereocenters. The number of aliphatic hydroxyl groups excluding tert-OH is 2. The van der Waals surface area contributed by atoms with Crippen molar-refractivity contribution in [3.8, 4) is 11.8 Å². The third-order valence-corrected chi connectivity index (χ3v) is 14.0. The molecule has 0 spiro atoms. The first-order valence-electron chi connectivity index (χ1n) is 15.4. The fraction of sp³-hybridized carbons (Fsp3) is 0.853. The van der Waals surface area contributed by atoms with Crippen molar-refractivity contribution >= 4 is 5.97 Å². The lowest BCUT2D eigenvalue weighted by atomic mass is 9.32. The Hall–Kier alpha value is -1.31. The lowest BCUT2D eigenvalue weighted by Crippen LogP contribution is -2.67. The molecule has 212 valence electrons. The molecule has 0 aromatic rings. The minimum atomic E-state index is -0.421. The smallest absolute Gasteiger partial charge is 0.313 e. The van der Waals surface area contributed by atoms with Crippen molar-refractivity contribution in [1.82, 2.24) is 0 Å². The highest BCUT2D eigenvalue weighted by Gasteiger charge is 2.72. The third kappa shape index (κ3) is 3.52. The molecule has 0 radical (unpaired) electrons. The van der Waals surface area contributed by atoms with Gasteiger partial charge in [-0.2, -0.15) is 0 Å². The second-order valence-electron chi connectivity index (χ2n) is 15.1. The summed E-state index contributed by atoms with van der Waals surface area (Å²) in [5.74, 6) is 7.84. The van der Waals surface area contributed by atoms with Crippen molar-refractivity contribution in [2.24, 2.45) is 56.7 Å². The van der Waals surface area contributed by atoms with Crippen LogP contribution >= 0.6 is 0 Å². The number of allylic oxidation sites excluding steroid dienone is 1. The second-order valence-corrected chi connectivity index (χ2v) is 15.1. The Balaban J connectivity index is 1.53. The lowest BCUT2D eigenvalue weighted by Gasteiger charge is -2.72. The van der Waals surface area contributed by atoms with E-state index in [4.69, 9.17) is 4.74 Å². The Morgan fingerprint density at radius 3 is 2.34 bits per heavy atom. The van der Waals surface area contributed by atoms with Crippen LogP contribution in [0.1, 0.15) is 106 Å². The van der Waals surface area contributed by atoms with Gasteiger partial charge in [0.05, 0.1) is 18.1 Å². The van der Waals surface area contributed by atoms with Crippen LogP contribution in [0.25, 0.3) is 0 Å². The van der Waals surface area contributed by atoms with E-state index in [1.54, 1.807) is 6.92 Å². The minimum absolute atomic E-state index is 0.0148. The van der Waals surface area contributed by atoms with Gasteiger partial charge in [-0.3, -0.25) is 4.79 Å². The van der Waals surface area contributed by atoms with Gasteiger partial charge in [0.25, 0.3) is 0 Å². The van der Waals surface area contributed by atoms with Gasteiger partial charge in [0.15, 0.2) is 6.61 Å². The second kappa shape index (κ2) is 9.37. The molecule has 2 N–H and O–H groups in total. The molecule has 4 heteroatoms. The molecule has 0 saturated heterocycles. The van der Waals surface area contributed by atoms with Crippen molar-refractivity contribution in [2.45, 2.75) is 112 Å². The molecular formula is C34H52O4. The Bertz CT molecular complexity index is 1040. The van der Waals surface area contributed by atoms with Gasteiger partial charge < -0.3 is 14.9 Å². The summed E-state index contributed by atoms with van der Waals surface area (Å²) < 4.78 is 5.84. The van der Waals surface area contributed by atoms with E-state index >= 15 is 0 Å². The first-order valence-corrected chi connectivity index (χ1v) is 15.4. The molecule has 5 aliphatic carbocycles. The molecule has 0 aliphatic heterocycles. The SMILES string of the molecule is C=C(C)[C@@H]1CC[C@]2(C(=O)OCC#CC)CC[C@]3(C)[C@H](CC[C@@H]4[C@@]5(C)CC[C@H](O)[C@@](C)(CO)[C@@H]5CC[C@]43C)[C@@H]12. The lowest BCUT2D eigenvalue weighted by molar-refractivity contribution is -0.254. The number of fused-ring (bicyclic) bond motifs is 7. The van der Waals surface area contributed by atoms with Gasteiger partial charge in [0.2, 0.25) is 0 Å². The zero-order chi connectivity index (χ0) is 27.7.